The zero-order chi connectivity index (χ0) is 21.1. The second-order valence-electron chi connectivity index (χ2n) is 7.65. The Kier molecular flexibility index (Phi) is 5.79. The summed E-state index contributed by atoms with van der Waals surface area (Å²) in [5.41, 5.74) is 2.49. The van der Waals surface area contributed by atoms with Crippen molar-refractivity contribution in [3.8, 4) is 5.75 Å². The Labute approximate surface area is 176 Å². The molecule has 7 heteroatoms. The zero-order valence-corrected chi connectivity index (χ0v) is 17.6. The lowest BCUT2D eigenvalue weighted by Gasteiger charge is -2.39. The fourth-order valence-electron chi connectivity index (χ4n) is 4.38. The minimum atomic E-state index is 0.0413. The van der Waals surface area contributed by atoms with Gasteiger partial charge in [0.1, 0.15) is 5.75 Å². The number of anilines is 2. The van der Waals surface area contributed by atoms with Gasteiger partial charge in [0, 0.05) is 61.6 Å². The van der Waals surface area contributed by atoms with Gasteiger partial charge in [0.15, 0.2) is 5.82 Å². The lowest BCUT2D eigenvalue weighted by atomic mass is 10.0. The third-order valence-corrected chi connectivity index (χ3v) is 5.85. The number of piperidine rings is 1. The maximum Gasteiger partial charge on any atom is 0.256 e. The number of nitrogens with zero attached hydrogens (tertiary/aromatic N) is 3. The number of nitrogens with one attached hydrogen (secondary N) is 2. The Hall–Kier alpha value is -3.22. The summed E-state index contributed by atoms with van der Waals surface area (Å²) in [6.07, 6.45) is 5.40. The van der Waals surface area contributed by atoms with Gasteiger partial charge in [-0.1, -0.05) is 0 Å². The molecule has 1 aliphatic rings. The number of carbonyl (C=O) groups is 1. The first-order valence-electron chi connectivity index (χ1n) is 10.7. The van der Waals surface area contributed by atoms with Gasteiger partial charge in [-0.25, -0.2) is 4.98 Å². The Morgan fingerprint density at radius 3 is 2.83 bits per heavy atom. The Bertz CT molecular complexity index is 1020. The van der Waals surface area contributed by atoms with Crippen LogP contribution in [0.25, 0.3) is 10.9 Å². The summed E-state index contributed by atoms with van der Waals surface area (Å²) in [6.45, 7) is 7.40. The summed E-state index contributed by atoms with van der Waals surface area (Å²) in [5, 5.41) is 13.9. The number of benzene rings is 1. The van der Waals surface area contributed by atoms with Crippen LogP contribution >= 0.6 is 0 Å². The molecule has 1 saturated heterocycles. The van der Waals surface area contributed by atoms with Gasteiger partial charge >= 0.3 is 0 Å². The Morgan fingerprint density at radius 1 is 1.30 bits per heavy atom. The van der Waals surface area contributed by atoms with Crippen LogP contribution in [0.4, 0.5) is 11.5 Å². The molecule has 4 rings (SSSR count). The molecule has 3 heterocycles. The highest BCUT2D eigenvalue weighted by Crippen LogP contribution is 2.29. The van der Waals surface area contributed by atoms with Gasteiger partial charge in [-0.15, -0.1) is 0 Å². The van der Waals surface area contributed by atoms with Gasteiger partial charge in [0.2, 0.25) is 0 Å². The number of phenols is 1. The summed E-state index contributed by atoms with van der Waals surface area (Å²) in [4.78, 5) is 25.1. The van der Waals surface area contributed by atoms with E-state index in [1.165, 1.54) is 0 Å². The van der Waals surface area contributed by atoms with Crippen molar-refractivity contribution in [3.63, 3.8) is 0 Å². The van der Waals surface area contributed by atoms with E-state index in [2.05, 4.69) is 40.1 Å². The van der Waals surface area contributed by atoms with E-state index in [9.17, 15) is 9.90 Å². The molecule has 0 unspecified atom stereocenters. The van der Waals surface area contributed by atoms with Crippen LogP contribution in [0.1, 0.15) is 37.0 Å². The van der Waals surface area contributed by atoms with E-state index in [-0.39, 0.29) is 11.7 Å². The second kappa shape index (κ2) is 8.65. The fraction of sp³-hybridized carbons (Fsp3) is 0.391. The van der Waals surface area contributed by atoms with Crippen LogP contribution in [0.15, 0.2) is 42.7 Å². The SMILES string of the molecule is CCNc1cccnc1N(CC)C1CCN(C(=O)c2c[nH]c3cc(O)ccc23)CC1. The molecule has 0 saturated carbocycles. The first-order chi connectivity index (χ1) is 14.6. The molecule has 3 aromatic rings. The van der Waals surface area contributed by atoms with Crippen molar-refractivity contribution in [1.29, 1.82) is 0 Å². The average molecular weight is 408 g/mol. The van der Waals surface area contributed by atoms with Crippen molar-refractivity contribution in [2.45, 2.75) is 32.7 Å². The monoisotopic (exact) mass is 407 g/mol. The number of carbonyl (C=O) groups excluding carboxylic acids is 1. The highest BCUT2D eigenvalue weighted by Gasteiger charge is 2.29. The van der Waals surface area contributed by atoms with Gasteiger partial charge in [-0.3, -0.25) is 4.79 Å². The molecule has 0 spiro atoms. The smallest absolute Gasteiger partial charge is 0.256 e. The van der Waals surface area contributed by atoms with Crippen molar-refractivity contribution >= 4 is 28.3 Å². The van der Waals surface area contributed by atoms with E-state index in [0.717, 1.165) is 48.3 Å². The first-order valence-corrected chi connectivity index (χ1v) is 10.7. The molecule has 1 aromatic carbocycles. The predicted molar refractivity (Wildman–Crippen MR) is 120 cm³/mol. The zero-order valence-electron chi connectivity index (χ0n) is 17.6. The first kappa shape index (κ1) is 20.1. The van der Waals surface area contributed by atoms with E-state index in [0.29, 0.717) is 24.7 Å². The maximum atomic E-state index is 13.1. The van der Waals surface area contributed by atoms with Gasteiger partial charge in [-0.2, -0.15) is 0 Å². The van der Waals surface area contributed by atoms with Crippen LogP contribution in [-0.2, 0) is 0 Å². The summed E-state index contributed by atoms with van der Waals surface area (Å²) in [5.74, 6) is 1.22. The van der Waals surface area contributed by atoms with Gasteiger partial charge in [0.25, 0.3) is 5.91 Å². The predicted octanol–water partition coefficient (Wildman–Crippen LogP) is 3.83. The third kappa shape index (κ3) is 3.79. The minimum absolute atomic E-state index is 0.0413. The van der Waals surface area contributed by atoms with E-state index in [1.807, 2.05) is 17.2 Å². The number of hydrogen-bond donors (Lipinski definition) is 3. The van der Waals surface area contributed by atoms with Crippen molar-refractivity contribution < 1.29 is 9.90 Å². The standard InChI is InChI=1S/C23H29N5O2/c1-3-24-20-6-5-11-25-22(20)28(4-2)16-9-12-27(13-10-16)23(30)19-15-26-21-14-17(29)7-8-18(19)21/h5-8,11,14-16,24,26,29H,3-4,9-10,12-13H2,1-2H3. The molecule has 0 aliphatic carbocycles. The molecular formula is C23H29N5O2. The third-order valence-electron chi connectivity index (χ3n) is 5.85. The van der Waals surface area contributed by atoms with Crippen LogP contribution in [-0.4, -0.2) is 58.1 Å². The molecule has 3 N–H and O–H groups in total. The molecule has 1 aliphatic heterocycles. The van der Waals surface area contributed by atoms with Crippen molar-refractivity contribution in [2.24, 2.45) is 0 Å². The molecule has 1 fully saturated rings. The quantitative estimate of drug-likeness (QED) is 0.578. The molecule has 2 aromatic heterocycles. The minimum Gasteiger partial charge on any atom is -0.508 e. The summed E-state index contributed by atoms with van der Waals surface area (Å²) in [7, 11) is 0. The fourth-order valence-corrected chi connectivity index (χ4v) is 4.38. The van der Waals surface area contributed by atoms with Crippen molar-refractivity contribution in [2.75, 3.05) is 36.4 Å². The number of aromatic nitrogens is 2. The Balaban J connectivity index is 1.47. The lowest BCUT2D eigenvalue weighted by molar-refractivity contribution is 0.0714. The number of aromatic hydroxyl groups is 1. The number of hydrogen-bond acceptors (Lipinski definition) is 5. The molecule has 0 radical (unpaired) electrons. The highest BCUT2D eigenvalue weighted by molar-refractivity contribution is 6.07. The number of H-pyrrole nitrogens is 1. The lowest BCUT2D eigenvalue weighted by Crippen LogP contribution is -2.47. The molecule has 7 nitrogen and oxygen atoms in total. The Morgan fingerprint density at radius 2 is 2.10 bits per heavy atom. The van der Waals surface area contributed by atoms with Gasteiger partial charge < -0.3 is 25.2 Å². The number of aromatic amines is 1. The van der Waals surface area contributed by atoms with Crippen molar-refractivity contribution in [3.05, 3.63) is 48.3 Å². The van der Waals surface area contributed by atoms with E-state index in [1.54, 1.807) is 24.4 Å². The van der Waals surface area contributed by atoms with E-state index < -0.39 is 0 Å². The van der Waals surface area contributed by atoms with Crippen LogP contribution in [0.2, 0.25) is 0 Å². The van der Waals surface area contributed by atoms with Gasteiger partial charge in [0.05, 0.1) is 11.3 Å². The number of phenolic OH excluding ortho intramolecular Hbond substituents is 1. The van der Waals surface area contributed by atoms with E-state index >= 15 is 0 Å². The van der Waals surface area contributed by atoms with Crippen LogP contribution < -0.4 is 10.2 Å². The molecule has 158 valence electrons. The number of pyridine rings is 1. The van der Waals surface area contributed by atoms with Crippen LogP contribution in [0.5, 0.6) is 5.75 Å². The number of likely N-dealkylation sites (tertiary alicyclic amines) is 1. The molecule has 30 heavy (non-hydrogen) atoms. The normalized spacial score (nSPS) is 14.8. The average Bonchev–Trinajstić information content (AvgIpc) is 3.18. The molecule has 1 amide bonds. The largest absolute Gasteiger partial charge is 0.508 e. The number of rotatable bonds is 6. The molecular weight excluding hydrogens is 378 g/mol. The van der Waals surface area contributed by atoms with Crippen molar-refractivity contribution in [1.82, 2.24) is 14.9 Å². The molecule has 0 bridgehead atoms. The highest BCUT2D eigenvalue weighted by atomic mass is 16.3. The maximum absolute atomic E-state index is 13.1. The number of amides is 1. The summed E-state index contributed by atoms with van der Waals surface area (Å²) >= 11 is 0. The van der Waals surface area contributed by atoms with Gasteiger partial charge in [-0.05, 0) is 51.0 Å². The summed E-state index contributed by atoms with van der Waals surface area (Å²) < 4.78 is 0. The van der Waals surface area contributed by atoms with Crippen LogP contribution in [0.3, 0.4) is 0 Å². The number of fused-ring (bicyclic) bond motifs is 1. The van der Waals surface area contributed by atoms with E-state index in [4.69, 9.17) is 0 Å². The second-order valence-corrected chi connectivity index (χ2v) is 7.65. The van der Waals surface area contributed by atoms with Crippen LogP contribution in [0, 0.1) is 0 Å². The topological polar surface area (TPSA) is 84.5 Å². The summed E-state index contributed by atoms with van der Waals surface area (Å²) in [6, 6.07) is 9.44. The molecule has 0 atom stereocenters.